The molecule has 2 nitrogen and oxygen atoms in total. The Hall–Kier alpha value is -0.500. The molecule has 0 spiro atoms. The van der Waals surface area contributed by atoms with Gasteiger partial charge in [-0.2, -0.15) is 0 Å². The van der Waals surface area contributed by atoms with Crippen LogP contribution in [0.4, 0.5) is 0 Å². The van der Waals surface area contributed by atoms with Crippen molar-refractivity contribution in [2.45, 2.75) is 51.6 Å². The molecule has 1 rings (SSSR count). The SMILES string of the molecule is COC=C1CC(C)(C)NC(C)(C)C1. The molecule has 0 bridgehead atoms. The van der Waals surface area contributed by atoms with E-state index in [1.807, 2.05) is 6.26 Å². The third kappa shape index (κ3) is 3.03. The van der Waals surface area contributed by atoms with Gasteiger partial charge in [-0.1, -0.05) is 0 Å². The maximum absolute atomic E-state index is 5.08. The summed E-state index contributed by atoms with van der Waals surface area (Å²) in [7, 11) is 1.72. The maximum atomic E-state index is 5.08. The lowest BCUT2D eigenvalue weighted by molar-refractivity contribution is 0.214. The van der Waals surface area contributed by atoms with Gasteiger partial charge in [0.15, 0.2) is 0 Å². The molecule has 1 heterocycles. The lowest BCUT2D eigenvalue weighted by atomic mass is 9.80. The Morgan fingerprint density at radius 1 is 1.15 bits per heavy atom. The van der Waals surface area contributed by atoms with Crippen LogP contribution in [0.3, 0.4) is 0 Å². The van der Waals surface area contributed by atoms with Crippen molar-refractivity contribution in [1.82, 2.24) is 5.32 Å². The molecule has 0 radical (unpaired) electrons. The van der Waals surface area contributed by atoms with Gasteiger partial charge < -0.3 is 10.1 Å². The number of piperidine rings is 1. The Morgan fingerprint density at radius 3 is 2.00 bits per heavy atom. The largest absolute Gasteiger partial charge is 0.504 e. The highest BCUT2D eigenvalue weighted by atomic mass is 16.5. The Kier molecular flexibility index (Phi) is 2.71. The quantitative estimate of drug-likeness (QED) is 0.630. The summed E-state index contributed by atoms with van der Waals surface area (Å²) in [6.07, 6.45) is 4.04. The third-order valence-electron chi connectivity index (χ3n) is 2.30. The predicted molar refractivity (Wildman–Crippen MR) is 55.6 cm³/mol. The molecule has 1 saturated heterocycles. The number of methoxy groups -OCH3 is 1. The van der Waals surface area contributed by atoms with E-state index in [0.717, 1.165) is 12.8 Å². The van der Waals surface area contributed by atoms with Crippen LogP contribution in [0.1, 0.15) is 40.5 Å². The first kappa shape index (κ1) is 10.6. The van der Waals surface area contributed by atoms with Gasteiger partial charge in [0.2, 0.25) is 0 Å². The molecule has 0 amide bonds. The van der Waals surface area contributed by atoms with Crippen LogP contribution < -0.4 is 5.32 Å². The van der Waals surface area contributed by atoms with Gasteiger partial charge in [-0.25, -0.2) is 0 Å². The van der Waals surface area contributed by atoms with Gasteiger partial charge in [0.05, 0.1) is 13.4 Å². The minimum absolute atomic E-state index is 0.187. The van der Waals surface area contributed by atoms with E-state index in [2.05, 4.69) is 33.0 Å². The van der Waals surface area contributed by atoms with Crippen LogP contribution >= 0.6 is 0 Å². The highest BCUT2D eigenvalue weighted by molar-refractivity contribution is 5.14. The molecule has 76 valence electrons. The summed E-state index contributed by atoms with van der Waals surface area (Å²) in [4.78, 5) is 0. The van der Waals surface area contributed by atoms with Crippen LogP contribution in [0.5, 0.6) is 0 Å². The van der Waals surface area contributed by atoms with Crippen molar-refractivity contribution >= 4 is 0 Å². The summed E-state index contributed by atoms with van der Waals surface area (Å²) in [6, 6.07) is 0. The zero-order valence-electron chi connectivity index (χ0n) is 9.40. The van der Waals surface area contributed by atoms with Gasteiger partial charge in [0, 0.05) is 11.1 Å². The summed E-state index contributed by atoms with van der Waals surface area (Å²) >= 11 is 0. The second kappa shape index (κ2) is 3.33. The molecule has 0 aliphatic carbocycles. The smallest absolute Gasteiger partial charge is 0.0817 e. The van der Waals surface area contributed by atoms with E-state index in [-0.39, 0.29) is 11.1 Å². The normalized spacial score (nSPS) is 25.5. The van der Waals surface area contributed by atoms with Gasteiger partial charge in [0.25, 0.3) is 0 Å². The molecule has 1 aliphatic heterocycles. The number of nitrogens with one attached hydrogen (secondary N) is 1. The lowest BCUT2D eigenvalue weighted by Crippen LogP contribution is -2.55. The Balaban J connectivity index is 2.78. The van der Waals surface area contributed by atoms with Crippen LogP contribution in [0, 0.1) is 0 Å². The fraction of sp³-hybridized carbons (Fsp3) is 0.818. The van der Waals surface area contributed by atoms with E-state index in [9.17, 15) is 0 Å². The van der Waals surface area contributed by atoms with Crippen LogP contribution in [0.2, 0.25) is 0 Å². The first-order chi connectivity index (χ1) is 5.85. The van der Waals surface area contributed by atoms with Crippen molar-refractivity contribution < 1.29 is 4.74 Å². The summed E-state index contributed by atoms with van der Waals surface area (Å²) in [6.45, 7) is 8.93. The van der Waals surface area contributed by atoms with Crippen molar-refractivity contribution in [2.24, 2.45) is 0 Å². The third-order valence-corrected chi connectivity index (χ3v) is 2.30. The summed E-state index contributed by atoms with van der Waals surface area (Å²) in [5.74, 6) is 0. The maximum Gasteiger partial charge on any atom is 0.0817 e. The van der Waals surface area contributed by atoms with Gasteiger partial charge in [-0.3, -0.25) is 0 Å². The molecule has 0 unspecified atom stereocenters. The first-order valence-electron chi connectivity index (χ1n) is 4.85. The van der Waals surface area contributed by atoms with Gasteiger partial charge in [-0.15, -0.1) is 0 Å². The van der Waals surface area contributed by atoms with Crippen LogP contribution in [0.25, 0.3) is 0 Å². The van der Waals surface area contributed by atoms with Crippen LogP contribution in [0.15, 0.2) is 11.8 Å². The number of hydrogen-bond acceptors (Lipinski definition) is 2. The summed E-state index contributed by atoms with van der Waals surface area (Å²) in [5, 5.41) is 3.62. The fourth-order valence-electron chi connectivity index (χ4n) is 2.45. The molecule has 0 aromatic rings. The highest BCUT2D eigenvalue weighted by Crippen LogP contribution is 2.31. The molecular weight excluding hydrogens is 162 g/mol. The second-order valence-electron chi connectivity index (χ2n) is 5.26. The lowest BCUT2D eigenvalue weighted by Gasteiger charge is -2.43. The molecular formula is C11H21NO. The molecule has 1 fully saturated rings. The van der Waals surface area contributed by atoms with Crippen LogP contribution in [-0.2, 0) is 4.74 Å². The zero-order chi connectivity index (χ0) is 10.1. The Labute approximate surface area is 81.4 Å². The van der Waals surface area contributed by atoms with E-state index in [1.54, 1.807) is 7.11 Å². The van der Waals surface area contributed by atoms with Crippen molar-refractivity contribution in [3.05, 3.63) is 11.8 Å². The fourth-order valence-corrected chi connectivity index (χ4v) is 2.45. The minimum atomic E-state index is 0.187. The van der Waals surface area contributed by atoms with Gasteiger partial charge in [-0.05, 0) is 46.1 Å². The number of ether oxygens (including phenoxy) is 1. The zero-order valence-corrected chi connectivity index (χ0v) is 9.40. The topological polar surface area (TPSA) is 21.3 Å². The standard InChI is InChI=1S/C11H21NO/c1-10(2)6-9(8-13-5)7-11(3,4)12-10/h8,12H,6-7H2,1-5H3. The Morgan fingerprint density at radius 2 is 1.62 bits per heavy atom. The molecule has 13 heavy (non-hydrogen) atoms. The average Bonchev–Trinajstić information content (AvgIpc) is 1.78. The number of hydrogen-bond donors (Lipinski definition) is 1. The highest BCUT2D eigenvalue weighted by Gasteiger charge is 2.34. The number of rotatable bonds is 1. The predicted octanol–water partition coefficient (Wildman–Crippen LogP) is 2.46. The van der Waals surface area contributed by atoms with Crippen LogP contribution in [-0.4, -0.2) is 18.2 Å². The van der Waals surface area contributed by atoms with Crippen molar-refractivity contribution in [1.29, 1.82) is 0 Å². The second-order valence-corrected chi connectivity index (χ2v) is 5.26. The van der Waals surface area contributed by atoms with Gasteiger partial charge >= 0.3 is 0 Å². The first-order valence-corrected chi connectivity index (χ1v) is 4.85. The molecule has 0 saturated carbocycles. The molecule has 0 atom stereocenters. The molecule has 0 aromatic heterocycles. The van der Waals surface area contributed by atoms with E-state index in [0.29, 0.717) is 0 Å². The summed E-state index contributed by atoms with van der Waals surface area (Å²) < 4.78 is 5.08. The van der Waals surface area contributed by atoms with E-state index >= 15 is 0 Å². The molecule has 0 aromatic carbocycles. The van der Waals surface area contributed by atoms with Crippen molar-refractivity contribution in [2.75, 3.05) is 7.11 Å². The van der Waals surface area contributed by atoms with E-state index < -0.39 is 0 Å². The minimum Gasteiger partial charge on any atom is -0.504 e. The van der Waals surface area contributed by atoms with Gasteiger partial charge in [0.1, 0.15) is 0 Å². The summed E-state index contributed by atoms with van der Waals surface area (Å²) in [5.41, 5.74) is 1.77. The van der Waals surface area contributed by atoms with E-state index in [4.69, 9.17) is 4.74 Å². The van der Waals surface area contributed by atoms with Crippen molar-refractivity contribution in [3.8, 4) is 0 Å². The van der Waals surface area contributed by atoms with E-state index in [1.165, 1.54) is 5.57 Å². The monoisotopic (exact) mass is 183 g/mol. The van der Waals surface area contributed by atoms with Crippen molar-refractivity contribution in [3.63, 3.8) is 0 Å². The molecule has 1 aliphatic rings. The Bertz CT molecular complexity index is 198. The molecule has 1 N–H and O–H groups in total. The average molecular weight is 183 g/mol. The molecule has 2 heteroatoms.